The van der Waals surface area contributed by atoms with Gasteiger partial charge in [0.15, 0.2) is 17.4 Å². The first kappa shape index (κ1) is 31.7. The van der Waals surface area contributed by atoms with Crippen molar-refractivity contribution in [3.63, 3.8) is 0 Å². The fourth-order valence-electron chi connectivity index (χ4n) is 4.37. The van der Waals surface area contributed by atoms with Crippen LogP contribution in [0.4, 0.5) is 0 Å². The number of hydrogen-bond acceptors (Lipinski definition) is 4. The first-order valence-corrected chi connectivity index (χ1v) is 23.8. The van der Waals surface area contributed by atoms with Crippen molar-refractivity contribution in [2.75, 3.05) is 7.11 Å². The van der Waals surface area contributed by atoms with E-state index in [9.17, 15) is 0 Å². The van der Waals surface area contributed by atoms with Crippen molar-refractivity contribution >= 4 is 34.0 Å². The van der Waals surface area contributed by atoms with E-state index in [4.69, 9.17) is 17.7 Å². The van der Waals surface area contributed by atoms with Gasteiger partial charge in [-0.3, -0.25) is 0 Å². The van der Waals surface area contributed by atoms with E-state index in [0.29, 0.717) is 0 Å². The molecule has 4 nitrogen and oxygen atoms in total. The van der Waals surface area contributed by atoms with Gasteiger partial charge >= 0.3 is 8.56 Å². The monoisotopic (exact) mass is 508 g/mol. The van der Waals surface area contributed by atoms with Gasteiger partial charge in [-0.1, -0.05) is 47.3 Å². The average Bonchev–Trinajstić information content (AvgIpc) is 2.64. The fourth-order valence-corrected chi connectivity index (χ4v) is 15.2. The van der Waals surface area contributed by atoms with E-state index in [0.717, 1.165) is 19.3 Å². The maximum Gasteiger partial charge on any atom is 0.363 e. The van der Waals surface area contributed by atoms with E-state index in [1.165, 1.54) is 0 Å². The lowest BCUT2D eigenvalue weighted by atomic mass is 9.85. The summed E-state index contributed by atoms with van der Waals surface area (Å²) in [5.41, 5.74) is -0.341. The molecule has 188 valence electrons. The maximum absolute atomic E-state index is 7.12. The van der Waals surface area contributed by atoms with Crippen LogP contribution in [0.1, 0.15) is 67.7 Å². The van der Waals surface area contributed by atoms with Gasteiger partial charge in [-0.25, -0.2) is 0 Å². The molecule has 6 atom stereocenters. The Labute approximate surface area is 200 Å². The SMILES string of the molecule is CCC(C)(O[Si](C)(OC)C(C)O[Si](C)(C)C)C(C)(CC)[SiH](C)OC(C)(CC)[Si](C)(C)C. The van der Waals surface area contributed by atoms with Crippen LogP contribution in [0.25, 0.3) is 0 Å². The third kappa shape index (κ3) is 7.34. The number of rotatable bonds is 14. The topological polar surface area (TPSA) is 36.9 Å². The first-order chi connectivity index (χ1) is 13.7. The lowest BCUT2D eigenvalue weighted by molar-refractivity contribution is -0.0214. The van der Waals surface area contributed by atoms with Crippen LogP contribution in [0, 0.1) is 0 Å². The zero-order chi connectivity index (χ0) is 25.1. The summed E-state index contributed by atoms with van der Waals surface area (Å²) in [6.45, 7) is 34.6. The molecule has 0 radical (unpaired) electrons. The highest BCUT2D eigenvalue weighted by molar-refractivity contribution is 6.79. The smallest absolute Gasteiger partial charge is 0.363 e. The van der Waals surface area contributed by atoms with E-state index in [2.05, 4.69) is 101 Å². The van der Waals surface area contributed by atoms with Gasteiger partial charge in [-0.05, 0) is 72.8 Å². The summed E-state index contributed by atoms with van der Waals surface area (Å²) < 4.78 is 26.8. The minimum Gasteiger partial charge on any atom is -0.417 e. The Morgan fingerprint density at radius 2 is 1.32 bits per heavy atom. The summed E-state index contributed by atoms with van der Waals surface area (Å²) in [5, 5.41) is -0.0382. The van der Waals surface area contributed by atoms with E-state index < -0.39 is 34.0 Å². The van der Waals surface area contributed by atoms with Crippen LogP contribution in [0.2, 0.25) is 57.4 Å². The summed E-state index contributed by atoms with van der Waals surface area (Å²) in [5.74, 6) is 0. The molecule has 0 N–H and O–H groups in total. The van der Waals surface area contributed by atoms with Crippen LogP contribution < -0.4 is 0 Å². The molecule has 0 heterocycles. The maximum atomic E-state index is 7.12. The van der Waals surface area contributed by atoms with Crippen molar-refractivity contribution in [2.45, 2.75) is 142 Å². The third-order valence-electron chi connectivity index (χ3n) is 8.31. The highest BCUT2D eigenvalue weighted by Crippen LogP contribution is 2.52. The molecule has 0 aliphatic rings. The molecule has 0 saturated carbocycles. The van der Waals surface area contributed by atoms with E-state index in [1.807, 2.05) is 0 Å². The van der Waals surface area contributed by atoms with E-state index in [-0.39, 0.29) is 21.6 Å². The first-order valence-electron chi connectivity index (χ1n) is 12.3. The molecule has 0 spiro atoms. The molecule has 0 aliphatic heterocycles. The second kappa shape index (κ2) is 11.0. The Balaban J connectivity index is 6.13. The van der Waals surface area contributed by atoms with Crippen molar-refractivity contribution in [2.24, 2.45) is 0 Å². The molecule has 0 aliphatic carbocycles. The minimum atomic E-state index is -2.58. The molecular formula is C23H56O4Si4. The van der Waals surface area contributed by atoms with Gasteiger partial charge in [-0.2, -0.15) is 0 Å². The van der Waals surface area contributed by atoms with Gasteiger partial charge < -0.3 is 17.7 Å². The molecule has 0 saturated heterocycles. The van der Waals surface area contributed by atoms with E-state index >= 15 is 0 Å². The van der Waals surface area contributed by atoms with Crippen molar-refractivity contribution in [1.82, 2.24) is 0 Å². The van der Waals surface area contributed by atoms with Gasteiger partial charge in [-0.15, -0.1) is 0 Å². The molecule has 31 heavy (non-hydrogen) atoms. The van der Waals surface area contributed by atoms with Gasteiger partial charge in [0, 0.05) is 17.4 Å². The molecule has 0 rings (SSSR count). The second-order valence-corrected chi connectivity index (χ2v) is 28.4. The normalized spacial score (nSPS) is 23.2. The molecule has 0 fully saturated rings. The Bertz CT molecular complexity index is 565. The summed E-state index contributed by atoms with van der Waals surface area (Å²) in [4.78, 5) is 0. The highest BCUT2D eigenvalue weighted by Gasteiger charge is 2.56. The largest absolute Gasteiger partial charge is 0.417 e. The molecule has 0 aromatic carbocycles. The van der Waals surface area contributed by atoms with Crippen molar-refractivity contribution in [3.05, 3.63) is 0 Å². The quantitative estimate of drug-likeness (QED) is 0.231. The van der Waals surface area contributed by atoms with Crippen LogP contribution in [0.15, 0.2) is 0 Å². The molecule has 0 aromatic heterocycles. The lowest BCUT2D eigenvalue weighted by Crippen LogP contribution is -2.63. The Kier molecular flexibility index (Phi) is 11.2. The van der Waals surface area contributed by atoms with E-state index in [1.54, 1.807) is 7.11 Å². The van der Waals surface area contributed by atoms with Gasteiger partial charge in [0.1, 0.15) is 0 Å². The lowest BCUT2D eigenvalue weighted by Gasteiger charge is -2.54. The molecule has 8 heteroatoms. The summed E-state index contributed by atoms with van der Waals surface area (Å²) in [7, 11) is -5.62. The molecule has 0 aromatic rings. The van der Waals surface area contributed by atoms with Crippen LogP contribution >= 0.6 is 0 Å². The molecular weight excluding hydrogens is 453 g/mol. The average molecular weight is 509 g/mol. The molecule has 0 bridgehead atoms. The fraction of sp³-hybridized carbons (Fsp3) is 1.00. The predicted molar refractivity (Wildman–Crippen MR) is 147 cm³/mol. The summed E-state index contributed by atoms with van der Waals surface area (Å²) >= 11 is 0. The van der Waals surface area contributed by atoms with Gasteiger partial charge in [0.25, 0.3) is 0 Å². The van der Waals surface area contributed by atoms with Crippen molar-refractivity contribution in [1.29, 1.82) is 0 Å². The molecule has 0 amide bonds. The van der Waals surface area contributed by atoms with Gasteiger partial charge in [0.05, 0.1) is 19.4 Å². The van der Waals surface area contributed by atoms with Crippen LogP contribution in [0.5, 0.6) is 0 Å². The third-order valence-corrected chi connectivity index (χ3v) is 20.4. The zero-order valence-corrected chi connectivity index (χ0v) is 28.1. The summed E-state index contributed by atoms with van der Waals surface area (Å²) in [6, 6.07) is 0. The Morgan fingerprint density at radius 3 is 1.61 bits per heavy atom. The van der Waals surface area contributed by atoms with Crippen LogP contribution in [-0.4, -0.2) is 57.7 Å². The highest BCUT2D eigenvalue weighted by atomic mass is 28.4. The van der Waals surface area contributed by atoms with Crippen molar-refractivity contribution in [3.8, 4) is 0 Å². The van der Waals surface area contributed by atoms with Crippen LogP contribution in [0.3, 0.4) is 0 Å². The minimum absolute atomic E-state index is 0.0139. The summed E-state index contributed by atoms with van der Waals surface area (Å²) in [6.07, 6.45) is 3.03. The Morgan fingerprint density at radius 1 is 0.839 bits per heavy atom. The van der Waals surface area contributed by atoms with Crippen molar-refractivity contribution < 1.29 is 17.7 Å². The van der Waals surface area contributed by atoms with Gasteiger partial charge in [0.2, 0.25) is 0 Å². The molecule has 6 unspecified atom stereocenters. The zero-order valence-electron chi connectivity index (χ0n) is 23.9. The second-order valence-electron chi connectivity index (χ2n) is 12.1. The van der Waals surface area contributed by atoms with Crippen LogP contribution in [-0.2, 0) is 17.7 Å². The predicted octanol–water partition coefficient (Wildman–Crippen LogP) is 7.26. The number of hydrogen-bond donors (Lipinski definition) is 0. The Hall–Kier alpha value is 0.708. The standard InChI is InChI=1S/C23H56O4Si4/c1-17-21(5,27-31(16,24-8)20(4)25-30(13,14)15)22(6,18-2)28(9)26-23(7,19-3)29(10,11)12/h20,28H,17-19H2,1-16H3.